The van der Waals surface area contributed by atoms with Crippen LogP contribution in [0.4, 0.5) is 11.4 Å². The van der Waals surface area contributed by atoms with Crippen molar-refractivity contribution in [2.75, 3.05) is 31.5 Å². The summed E-state index contributed by atoms with van der Waals surface area (Å²) in [6, 6.07) is 11.7. The number of halogens is 1. The third-order valence-corrected chi connectivity index (χ3v) is 8.68. The second-order valence-electron chi connectivity index (χ2n) is 8.65. The second kappa shape index (κ2) is 10.4. The first-order valence-electron chi connectivity index (χ1n) is 11.4. The number of hydrogen-bond donors (Lipinski definition) is 1. The van der Waals surface area contributed by atoms with Gasteiger partial charge in [0.25, 0.3) is 5.69 Å². The van der Waals surface area contributed by atoms with E-state index in [0.29, 0.717) is 30.7 Å². The fourth-order valence-electron chi connectivity index (χ4n) is 4.65. The van der Waals surface area contributed by atoms with Gasteiger partial charge in [0.15, 0.2) is 0 Å². The monoisotopic (exact) mass is 492 g/mol. The molecule has 2 aromatic carbocycles. The van der Waals surface area contributed by atoms with Crippen molar-refractivity contribution in [1.82, 2.24) is 9.21 Å². The molecule has 178 valence electrons. The van der Waals surface area contributed by atoms with Gasteiger partial charge in [-0.05, 0) is 68.6 Å². The van der Waals surface area contributed by atoms with E-state index in [1.807, 2.05) is 12.1 Å². The van der Waals surface area contributed by atoms with Gasteiger partial charge in [0, 0.05) is 36.8 Å². The van der Waals surface area contributed by atoms with Crippen LogP contribution in [0.3, 0.4) is 0 Å². The minimum absolute atomic E-state index is 0.0392. The summed E-state index contributed by atoms with van der Waals surface area (Å²) in [6.45, 7) is 3.41. The molecular weight excluding hydrogens is 464 g/mol. The number of benzene rings is 2. The van der Waals surface area contributed by atoms with E-state index in [1.165, 1.54) is 35.7 Å². The first kappa shape index (κ1) is 23.9. The molecule has 8 nitrogen and oxygen atoms in total. The van der Waals surface area contributed by atoms with Crippen molar-refractivity contribution in [3.63, 3.8) is 0 Å². The number of hydrogen-bond acceptors (Lipinski definition) is 6. The van der Waals surface area contributed by atoms with E-state index < -0.39 is 14.9 Å². The zero-order chi connectivity index (χ0) is 23.4. The Labute approximate surface area is 199 Å². The van der Waals surface area contributed by atoms with Crippen LogP contribution in [0.25, 0.3) is 0 Å². The average molecular weight is 493 g/mol. The molecule has 0 spiro atoms. The van der Waals surface area contributed by atoms with Crippen LogP contribution in [0.15, 0.2) is 47.4 Å². The highest BCUT2D eigenvalue weighted by atomic mass is 35.5. The number of piperidine rings is 2. The van der Waals surface area contributed by atoms with Crippen molar-refractivity contribution < 1.29 is 13.3 Å². The fourth-order valence-corrected chi connectivity index (χ4v) is 6.27. The van der Waals surface area contributed by atoms with Crippen molar-refractivity contribution in [3.8, 4) is 0 Å². The first-order chi connectivity index (χ1) is 15.8. The number of nitro benzene ring substituents is 1. The maximum absolute atomic E-state index is 13.2. The van der Waals surface area contributed by atoms with E-state index >= 15 is 0 Å². The smallest absolute Gasteiger partial charge is 0.293 e. The average Bonchev–Trinajstić information content (AvgIpc) is 2.84. The summed E-state index contributed by atoms with van der Waals surface area (Å²) in [4.78, 5) is 13.6. The molecule has 0 aliphatic carbocycles. The molecule has 10 heteroatoms. The number of rotatable bonds is 7. The lowest BCUT2D eigenvalue weighted by atomic mass is 10.0. The van der Waals surface area contributed by atoms with Crippen molar-refractivity contribution in [3.05, 3.63) is 63.2 Å². The molecule has 0 bridgehead atoms. The number of nitrogens with one attached hydrogen (secondary N) is 1. The first-order valence-corrected chi connectivity index (χ1v) is 13.2. The largest absolute Gasteiger partial charge is 0.375 e. The van der Waals surface area contributed by atoms with Crippen LogP contribution in [0.2, 0.25) is 5.02 Å². The number of likely N-dealkylation sites (tertiary alicyclic amines) is 1. The van der Waals surface area contributed by atoms with E-state index in [0.717, 1.165) is 37.6 Å². The lowest BCUT2D eigenvalue weighted by molar-refractivity contribution is -0.384. The van der Waals surface area contributed by atoms with E-state index in [9.17, 15) is 18.5 Å². The Morgan fingerprint density at radius 2 is 1.67 bits per heavy atom. The summed E-state index contributed by atoms with van der Waals surface area (Å²) in [5, 5.41) is 15.3. The lowest BCUT2D eigenvalue weighted by Crippen LogP contribution is -2.48. The molecule has 0 aromatic heterocycles. The highest BCUT2D eigenvalue weighted by Gasteiger charge is 2.33. The second-order valence-corrected chi connectivity index (χ2v) is 11.0. The van der Waals surface area contributed by atoms with Crippen molar-refractivity contribution in [2.24, 2.45) is 0 Å². The summed E-state index contributed by atoms with van der Waals surface area (Å²) >= 11 is 5.89. The standard InChI is InChI=1S/C23H29ClN4O4S/c24-19-6-4-18(5-7-19)17-25-22-9-8-21(16-23(22)28(29)30)33(31,32)27-14-10-20(11-15-27)26-12-2-1-3-13-26/h4-9,16,20,25H,1-3,10-15,17H2. The van der Waals surface area contributed by atoms with Crippen molar-refractivity contribution in [1.29, 1.82) is 0 Å². The molecule has 2 aliphatic heterocycles. The highest BCUT2D eigenvalue weighted by Crippen LogP contribution is 2.31. The quantitative estimate of drug-likeness (QED) is 0.451. The maximum Gasteiger partial charge on any atom is 0.293 e. The molecular formula is C23H29ClN4O4S. The van der Waals surface area contributed by atoms with Gasteiger partial charge in [0.05, 0.1) is 9.82 Å². The Kier molecular flexibility index (Phi) is 7.53. The molecule has 2 saturated heterocycles. The van der Waals surface area contributed by atoms with Gasteiger partial charge in [-0.15, -0.1) is 0 Å². The van der Waals surface area contributed by atoms with E-state index in [1.54, 1.807) is 12.1 Å². The van der Waals surface area contributed by atoms with Gasteiger partial charge in [0.2, 0.25) is 10.0 Å². The van der Waals surface area contributed by atoms with Gasteiger partial charge in [-0.25, -0.2) is 8.42 Å². The molecule has 0 amide bonds. The van der Waals surface area contributed by atoms with Crippen molar-refractivity contribution in [2.45, 2.75) is 49.6 Å². The Hall–Kier alpha value is -2.20. The van der Waals surface area contributed by atoms with Crippen molar-refractivity contribution >= 4 is 33.0 Å². The van der Waals surface area contributed by atoms with Gasteiger partial charge >= 0.3 is 0 Å². The Bertz CT molecular complexity index is 1080. The van der Waals surface area contributed by atoms with Crippen LogP contribution < -0.4 is 5.32 Å². The van der Waals surface area contributed by atoms with Gasteiger partial charge in [-0.1, -0.05) is 30.2 Å². The van der Waals surface area contributed by atoms with Crippen LogP contribution in [0, 0.1) is 10.1 Å². The Morgan fingerprint density at radius 1 is 1.00 bits per heavy atom. The predicted molar refractivity (Wildman–Crippen MR) is 129 cm³/mol. The molecule has 2 aromatic rings. The predicted octanol–water partition coefficient (Wildman–Crippen LogP) is 4.50. The Morgan fingerprint density at radius 3 is 2.30 bits per heavy atom. The number of nitrogens with zero attached hydrogens (tertiary/aromatic N) is 3. The molecule has 0 saturated carbocycles. The normalized spacial score (nSPS) is 18.8. The van der Waals surface area contributed by atoms with Crippen LogP contribution >= 0.6 is 11.6 Å². The van der Waals surface area contributed by atoms with Crippen LogP contribution in [0.5, 0.6) is 0 Å². The SMILES string of the molecule is O=[N+]([O-])c1cc(S(=O)(=O)N2CCC(N3CCCCC3)CC2)ccc1NCc1ccc(Cl)cc1. The number of anilines is 1. The summed E-state index contributed by atoms with van der Waals surface area (Å²) in [6.07, 6.45) is 5.28. The maximum atomic E-state index is 13.2. The van der Waals surface area contributed by atoms with E-state index in [4.69, 9.17) is 11.6 Å². The zero-order valence-electron chi connectivity index (χ0n) is 18.5. The highest BCUT2D eigenvalue weighted by molar-refractivity contribution is 7.89. The number of sulfonamides is 1. The van der Waals surface area contributed by atoms with Crippen LogP contribution in [0.1, 0.15) is 37.7 Å². The molecule has 2 fully saturated rings. The minimum atomic E-state index is -3.79. The third kappa shape index (κ3) is 5.66. The molecule has 0 unspecified atom stereocenters. The Balaban J connectivity index is 1.45. The molecule has 0 radical (unpaired) electrons. The van der Waals surface area contributed by atoms with E-state index in [2.05, 4.69) is 10.2 Å². The fraction of sp³-hybridized carbons (Fsp3) is 0.478. The van der Waals surface area contributed by atoms with Crippen LogP contribution in [-0.4, -0.2) is 54.8 Å². The zero-order valence-corrected chi connectivity index (χ0v) is 20.0. The van der Waals surface area contributed by atoms with Gasteiger partial charge in [0.1, 0.15) is 5.69 Å². The molecule has 33 heavy (non-hydrogen) atoms. The molecule has 2 aliphatic rings. The summed E-state index contributed by atoms with van der Waals surface area (Å²) in [5.74, 6) is 0. The minimum Gasteiger partial charge on any atom is -0.375 e. The van der Waals surface area contributed by atoms with Gasteiger partial charge in [-0.3, -0.25) is 10.1 Å². The summed E-state index contributed by atoms with van der Waals surface area (Å²) in [5.41, 5.74) is 0.924. The number of nitro groups is 1. The molecule has 0 atom stereocenters. The molecule has 4 rings (SSSR count). The topological polar surface area (TPSA) is 95.8 Å². The summed E-state index contributed by atoms with van der Waals surface area (Å²) < 4.78 is 27.9. The van der Waals surface area contributed by atoms with Crippen LogP contribution in [-0.2, 0) is 16.6 Å². The van der Waals surface area contributed by atoms with Gasteiger partial charge < -0.3 is 10.2 Å². The molecule has 2 heterocycles. The summed E-state index contributed by atoms with van der Waals surface area (Å²) in [7, 11) is -3.79. The lowest BCUT2D eigenvalue weighted by Gasteiger charge is -2.39. The molecule has 1 N–H and O–H groups in total. The third-order valence-electron chi connectivity index (χ3n) is 6.53. The van der Waals surface area contributed by atoms with E-state index in [-0.39, 0.29) is 16.3 Å². The van der Waals surface area contributed by atoms with Gasteiger partial charge in [-0.2, -0.15) is 4.31 Å².